The van der Waals surface area contributed by atoms with Crippen LogP contribution in [-0.4, -0.2) is 11.8 Å². The van der Waals surface area contributed by atoms with Crippen LogP contribution in [0.5, 0.6) is 0 Å². The van der Waals surface area contributed by atoms with E-state index in [1.54, 1.807) is 12.1 Å². The molecule has 0 saturated heterocycles. The topological polar surface area (TPSA) is 58.2 Å². The molecule has 2 amide bonds. The zero-order chi connectivity index (χ0) is 18.0. The van der Waals surface area contributed by atoms with Crippen molar-refractivity contribution >= 4 is 23.2 Å². The minimum atomic E-state index is -1.28. The van der Waals surface area contributed by atoms with Crippen LogP contribution in [0, 0.1) is 17.0 Å². The van der Waals surface area contributed by atoms with Gasteiger partial charge >= 0.3 is 0 Å². The number of carbonyl (C=O) groups excluding carboxylic acids is 2. The average molecular weight is 344 g/mol. The normalized spacial score (nSPS) is 14.7. The first kappa shape index (κ1) is 17.1. The summed E-state index contributed by atoms with van der Waals surface area (Å²) in [6.45, 7) is 1.96. The first-order valence-electron chi connectivity index (χ1n) is 8.13. The first-order chi connectivity index (χ1) is 12.0. The molecule has 25 heavy (non-hydrogen) atoms. The third-order valence-corrected chi connectivity index (χ3v) is 4.47. The number of halogens is 2. The average Bonchev–Trinajstić information content (AvgIpc) is 3.40. The maximum Gasteiger partial charge on any atom is 0.240 e. The van der Waals surface area contributed by atoms with Crippen LogP contribution >= 0.6 is 0 Å². The maximum absolute atomic E-state index is 13.7. The standard InChI is InChI=1S/C19H18F2N2O2/c1-2-12-6-3-4-9-15(12)22-17(24)19(10-11-19)18(25)23-16-13(20)7-5-8-14(16)21/h3-9H,2,10-11H2,1H3,(H,22,24)(H,23,25). The van der Waals surface area contributed by atoms with E-state index in [-0.39, 0.29) is 0 Å². The van der Waals surface area contributed by atoms with Gasteiger partial charge in [0, 0.05) is 5.69 Å². The Kier molecular flexibility index (Phi) is 4.53. The summed E-state index contributed by atoms with van der Waals surface area (Å²) in [6, 6.07) is 10.6. The molecular formula is C19H18F2N2O2. The van der Waals surface area contributed by atoms with Crippen molar-refractivity contribution < 1.29 is 18.4 Å². The molecule has 0 aromatic heterocycles. The molecule has 1 saturated carbocycles. The van der Waals surface area contributed by atoms with E-state index in [0.29, 0.717) is 18.5 Å². The number of hydrogen-bond donors (Lipinski definition) is 2. The molecule has 1 aliphatic rings. The summed E-state index contributed by atoms with van der Waals surface area (Å²) in [5.41, 5.74) is -0.214. The summed E-state index contributed by atoms with van der Waals surface area (Å²) >= 11 is 0. The summed E-state index contributed by atoms with van der Waals surface area (Å²) in [7, 11) is 0. The number of aryl methyl sites for hydroxylation is 1. The molecule has 130 valence electrons. The zero-order valence-electron chi connectivity index (χ0n) is 13.7. The fraction of sp³-hybridized carbons (Fsp3) is 0.263. The van der Waals surface area contributed by atoms with Crippen molar-refractivity contribution in [3.8, 4) is 0 Å². The lowest BCUT2D eigenvalue weighted by Crippen LogP contribution is -2.36. The largest absolute Gasteiger partial charge is 0.325 e. The van der Waals surface area contributed by atoms with Crippen LogP contribution in [0.2, 0.25) is 0 Å². The molecule has 0 spiro atoms. The molecule has 0 atom stereocenters. The van der Waals surface area contributed by atoms with Gasteiger partial charge in [-0.2, -0.15) is 0 Å². The smallest absolute Gasteiger partial charge is 0.240 e. The number of anilines is 2. The molecule has 0 bridgehead atoms. The number of nitrogens with one attached hydrogen (secondary N) is 2. The van der Waals surface area contributed by atoms with Crippen molar-refractivity contribution in [1.29, 1.82) is 0 Å². The van der Waals surface area contributed by atoms with Gasteiger partial charge in [-0.25, -0.2) is 8.78 Å². The van der Waals surface area contributed by atoms with Gasteiger partial charge in [0.1, 0.15) is 22.7 Å². The Morgan fingerprint density at radius 1 is 0.960 bits per heavy atom. The van der Waals surface area contributed by atoms with Crippen molar-refractivity contribution in [2.24, 2.45) is 5.41 Å². The summed E-state index contributed by atoms with van der Waals surface area (Å²) in [5.74, 6) is -2.90. The molecule has 2 N–H and O–H groups in total. The predicted molar refractivity (Wildman–Crippen MR) is 91.1 cm³/mol. The van der Waals surface area contributed by atoms with E-state index in [9.17, 15) is 18.4 Å². The highest BCUT2D eigenvalue weighted by Crippen LogP contribution is 2.47. The molecule has 3 rings (SSSR count). The Morgan fingerprint density at radius 2 is 1.56 bits per heavy atom. The molecular weight excluding hydrogens is 326 g/mol. The molecule has 1 aliphatic carbocycles. The van der Waals surface area contributed by atoms with E-state index >= 15 is 0 Å². The van der Waals surface area contributed by atoms with Crippen molar-refractivity contribution in [3.63, 3.8) is 0 Å². The van der Waals surface area contributed by atoms with Gasteiger partial charge in [0.15, 0.2) is 0 Å². The van der Waals surface area contributed by atoms with E-state index < -0.39 is 34.6 Å². The number of rotatable bonds is 5. The van der Waals surface area contributed by atoms with Crippen molar-refractivity contribution in [3.05, 3.63) is 59.7 Å². The van der Waals surface area contributed by atoms with E-state index in [4.69, 9.17) is 0 Å². The molecule has 0 unspecified atom stereocenters. The monoisotopic (exact) mass is 344 g/mol. The minimum absolute atomic E-state index is 0.342. The molecule has 0 heterocycles. The van der Waals surface area contributed by atoms with Crippen LogP contribution in [0.1, 0.15) is 25.3 Å². The van der Waals surface area contributed by atoms with Gasteiger partial charge in [0.2, 0.25) is 11.8 Å². The molecule has 2 aromatic rings. The maximum atomic E-state index is 13.7. The number of hydrogen-bond acceptors (Lipinski definition) is 2. The number of para-hydroxylation sites is 2. The Morgan fingerprint density at radius 3 is 2.16 bits per heavy atom. The highest BCUT2D eigenvalue weighted by atomic mass is 19.1. The highest BCUT2D eigenvalue weighted by Gasteiger charge is 2.56. The highest BCUT2D eigenvalue weighted by molar-refractivity contribution is 6.17. The Balaban J connectivity index is 1.77. The zero-order valence-corrected chi connectivity index (χ0v) is 13.7. The molecule has 0 aliphatic heterocycles. The molecule has 2 aromatic carbocycles. The second-order valence-corrected chi connectivity index (χ2v) is 6.10. The lowest BCUT2D eigenvalue weighted by molar-refractivity contribution is -0.131. The summed E-state index contributed by atoms with van der Waals surface area (Å²) in [5, 5.41) is 5.00. The van der Waals surface area contributed by atoms with E-state index in [2.05, 4.69) is 10.6 Å². The van der Waals surface area contributed by atoms with Crippen LogP contribution in [-0.2, 0) is 16.0 Å². The second-order valence-electron chi connectivity index (χ2n) is 6.10. The predicted octanol–water partition coefficient (Wildman–Crippen LogP) is 3.88. The molecule has 1 fully saturated rings. The number of carbonyl (C=O) groups is 2. The second kappa shape index (κ2) is 6.63. The minimum Gasteiger partial charge on any atom is -0.325 e. The summed E-state index contributed by atoms with van der Waals surface area (Å²) < 4.78 is 27.4. The van der Waals surface area contributed by atoms with Crippen molar-refractivity contribution in [1.82, 2.24) is 0 Å². The Labute approximate surface area is 144 Å². The summed E-state index contributed by atoms with van der Waals surface area (Å²) in [6.07, 6.45) is 1.42. The molecule has 4 nitrogen and oxygen atoms in total. The van der Waals surface area contributed by atoms with Crippen LogP contribution in [0.15, 0.2) is 42.5 Å². The fourth-order valence-corrected chi connectivity index (χ4v) is 2.73. The van der Waals surface area contributed by atoms with Crippen LogP contribution in [0.3, 0.4) is 0 Å². The Hall–Kier alpha value is -2.76. The third kappa shape index (κ3) is 3.24. The van der Waals surface area contributed by atoms with Crippen LogP contribution in [0.25, 0.3) is 0 Å². The van der Waals surface area contributed by atoms with Gasteiger partial charge < -0.3 is 10.6 Å². The molecule has 0 radical (unpaired) electrons. The van der Waals surface area contributed by atoms with Crippen molar-refractivity contribution in [2.75, 3.05) is 10.6 Å². The SMILES string of the molecule is CCc1ccccc1NC(=O)C1(C(=O)Nc2c(F)cccc2F)CC1. The molecule has 6 heteroatoms. The van der Waals surface area contributed by atoms with Crippen LogP contribution in [0.4, 0.5) is 20.2 Å². The van der Waals surface area contributed by atoms with Gasteiger partial charge in [-0.15, -0.1) is 0 Å². The Bertz CT molecular complexity index is 812. The van der Waals surface area contributed by atoms with E-state index in [0.717, 1.165) is 24.1 Å². The quantitative estimate of drug-likeness (QED) is 0.809. The van der Waals surface area contributed by atoms with Gasteiger partial charge in [-0.1, -0.05) is 31.2 Å². The van der Waals surface area contributed by atoms with Gasteiger partial charge in [-0.05, 0) is 43.0 Å². The summed E-state index contributed by atoms with van der Waals surface area (Å²) in [4.78, 5) is 25.1. The fourth-order valence-electron chi connectivity index (χ4n) is 2.73. The number of amides is 2. The van der Waals surface area contributed by atoms with Crippen molar-refractivity contribution in [2.45, 2.75) is 26.2 Å². The first-order valence-corrected chi connectivity index (χ1v) is 8.13. The lowest BCUT2D eigenvalue weighted by atomic mass is 10.0. The lowest BCUT2D eigenvalue weighted by Gasteiger charge is -2.17. The number of benzene rings is 2. The van der Waals surface area contributed by atoms with Gasteiger partial charge in [-0.3, -0.25) is 9.59 Å². The third-order valence-electron chi connectivity index (χ3n) is 4.47. The van der Waals surface area contributed by atoms with Gasteiger partial charge in [0.25, 0.3) is 0 Å². The van der Waals surface area contributed by atoms with Crippen LogP contribution < -0.4 is 10.6 Å². The van der Waals surface area contributed by atoms with Gasteiger partial charge in [0.05, 0.1) is 0 Å². The van der Waals surface area contributed by atoms with E-state index in [1.807, 2.05) is 19.1 Å². The van der Waals surface area contributed by atoms with E-state index in [1.165, 1.54) is 6.07 Å².